The number of carbonyl (C=O) groups excluding carboxylic acids is 2. The molecule has 170 valence electrons. The van der Waals surface area contributed by atoms with Gasteiger partial charge in [-0.25, -0.2) is 4.79 Å². The lowest BCUT2D eigenvalue weighted by molar-refractivity contribution is 0.1000. The minimum atomic E-state index is -0.609. The summed E-state index contributed by atoms with van der Waals surface area (Å²) in [6.45, 7) is 5.11. The number of urea groups is 1. The zero-order valence-electron chi connectivity index (χ0n) is 18.3. The first-order chi connectivity index (χ1) is 15.3. The average molecular weight is 458 g/mol. The predicted molar refractivity (Wildman–Crippen MR) is 123 cm³/mol. The highest BCUT2D eigenvalue weighted by molar-refractivity contribution is 6.34. The van der Waals surface area contributed by atoms with Crippen molar-refractivity contribution in [1.29, 1.82) is 0 Å². The van der Waals surface area contributed by atoms with E-state index in [-0.39, 0.29) is 29.5 Å². The van der Waals surface area contributed by atoms with Crippen LogP contribution in [0.25, 0.3) is 0 Å². The average Bonchev–Trinajstić information content (AvgIpc) is 3.22. The number of halogens is 1. The second-order valence-corrected chi connectivity index (χ2v) is 9.05. The van der Waals surface area contributed by atoms with Crippen LogP contribution in [0.15, 0.2) is 36.4 Å². The molecule has 1 heterocycles. The first-order valence-electron chi connectivity index (χ1n) is 10.9. The maximum absolute atomic E-state index is 13.5. The molecule has 2 aliphatic rings. The van der Waals surface area contributed by atoms with Gasteiger partial charge in [-0.05, 0) is 54.2 Å². The largest absolute Gasteiger partial charge is 0.454 e. The molecule has 3 atom stereocenters. The lowest BCUT2D eigenvalue weighted by atomic mass is 9.77. The minimum absolute atomic E-state index is 0.101. The first kappa shape index (κ1) is 22.3. The molecule has 1 saturated carbocycles. The molecule has 0 radical (unpaired) electrons. The van der Waals surface area contributed by atoms with Crippen LogP contribution in [-0.4, -0.2) is 29.7 Å². The summed E-state index contributed by atoms with van der Waals surface area (Å²) in [6, 6.07) is 10.4. The number of rotatable bonds is 5. The van der Waals surface area contributed by atoms with Crippen molar-refractivity contribution in [3.8, 4) is 11.5 Å². The second-order valence-electron chi connectivity index (χ2n) is 8.64. The van der Waals surface area contributed by atoms with Gasteiger partial charge in [-0.2, -0.15) is 0 Å². The van der Waals surface area contributed by atoms with Crippen LogP contribution in [0.2, 0.25) is 5.02 Å². The molecule has 1 aliphatic heterocycles. The second kappa shape index (κ2) is 9.28. The number of anilines is 1. The van der Waals surface area contributed by atoms with Gasteiger partial charge in [0.1, 0.15) is 0 Å². The molecule has 1 aliphatic carbocycles. The number of benzene rings is 2. The zero-order valence-corrected chi connectivity index (χ0v) is 19.0. The van der Waals surface area contributed by atoms with Crippen molar-refractivity contribution >= 4 is 29.2 Å². The van der Waals surface area contributed by atoms with Crippen molar-refractivity contribution < 1.29 is 19.1 Å². The number of ether oxygens (including phenoxy) is 2. The molecule has 32 heavy (non-hydrogen) atoms. The Morgan fingerprint density at radius 1 is 1.12 bits per heavy atom. The fraction of sp³-hybridized carbons (Fsp3) is 0.417. The number of nitrogens with two attached hydrogens (primary N) is 1. The number of nitrogens with zero attached hydrogens (tertiary/aromatic N) is 1. The third-order valence-electron chi connectivity index (χ3n) is 6.60. The summed E-state index contributed by atoms with van der Waals surface area (Å²) < 4.78 is 10.9. The van der Waals surface area contributed by atoms with Gasteiger partial charge in [-0.3, -0.25) is 4.79 Å². The Labute approximate surface area is 192 Å². The van der Waals surface area contributed by atoms with Crippen molar-refractivity contribution in [3.05, 3.63) is 52.5 Å². The Kier molecular flexibility index (Phi) is 6.46. The summed E-state index contributed by atoms with van der Waals surface area (Å²) in [4.78, 5) is 26.8. The van der Waals surface area contributed by atoms with Crippen molar-refractivity contribution in [2.24, 2.45) is 17.6 Å². The highest BCUT2D eigenvalue weighted by atomic mass is 35.5. The van der Waals surface area contributed by atoms with Crippen LogP contribution in [0.3, 0.4) is 0 Å². The summed E-state index contributed by atoms with van der Waals surface area (Å²) in [6.07, 6.45) is 3.20. The van der Waals surface area contributed by atoms with Crippen LogP contribution in [0.1, 0.15) is 49.0 Å². The van der Waals surface area contributed by atoms with Crippen molar-refractivity contribution in [3.63, 3.8) is 0 Å². The van der Waals surface area contributed by atoms with Crippen LogP contribution < -0.4 is 20.5 Å². The number of amides is 3. The fourth-order valence-electron chi connectivity index (χ4n) is 4.56. The summed E-state index contributed by atoms with van der Waals surface area (Å²) >= 11 is 6.17. The third-order valence-corrected chi connectivity index (χ3v) is 6.91. The Bertz CT molecular complexity index is 1030. The van der Waals surface area contributed by atoms with E-state index in [1.165, 1.54) is 12.5 Å². The number of hydrogen-bond acceptors (Lipinski definition) is 4. The highest BCUT2D eigenvalue weighted by Crippen LogP contribution is 2.36. The van der Waals surface area contributed by atoms with Gasteiger partial charge < -0.3 is 25.4 Å². The monoisotopic (exact) mass is 457 g/mol. The zero-order chi connectivity index (χ0) is 22.8. The van der Waals surface area contributed by atoms with Crippen molar-refractivity contribution in [2.45, 2.75) is 45.7 Å². The number of hydrogen-bond donors (Lipinski definition) is 2. The number of primary amides is 1. The van der Waals surface area contributed by atoms with Gasteiger partial charge in [0.2, 0.25) is 12.7 Å². The topological polar surface area (TPSA) is 93.9 Å². The molecule has 8 heteroatoms. The third kappa shape index (κ3) is 4.63. The van der Waals surface area contributed by atoms with Crippen LogP contribution >= 0.6 is 11.6 Å². The molecule has 3 unspecified atom stereocenters. The number of nitrogens with one attached hydrogen (secondary N) is 1. The Hall–Kier alpha value is -2.93. The van der Waals surface area contributed by atoms with Gasteiger partial charge in [0, 0.05) is 18.3 Å². The standard InChI is InChI=1S/C24H28ClN3O4/c1-14-4-3-5-20(15(14)2)28(12-16-6-9-21-22(10-16)32-13-31-21)24(30)27-17-7-8-18(23(26)29)19(25)11-17/h6-11,14-15,20H,3-5,12-13H2,1-2H3,(H2,26,29)(H,27,30). The van der Waals surface area contributed by atoms with Crippen LogP contribution in [0.4, 0.5) is 10.5 Å². The quantitative estimate of drug-likeness (QED) is 0.658. The fourth-order valence-corrected chi connectivity index (χ4v) is 4.83. The molecule has 0 bridgehead atoms. The van der Waals surface area contributed by atoms with E-state index < -0.39 is 5.91 Å². The molecular weight excluding hydrogens is 430 g/mol. The Morgan fingerprint density at radius 2 is 1.91 bits per heavy atom. The number of fused-ring (bicyclic) bond motifs is 1. The maximum Gasteiger partial charge on any atom is 0.322 e. The summed E-state index contributed by atoms with van der Waals surface area (Å²) in [5, 5.41) is 3.15. The van der Waals surface area contributed by atoms with E-state index in [2.05, 4.69) is 19.2 Å². The van der Waals surface area contributed by atoms with Crippen molar-refractivity contribution in [1.82, 2.24) is 4.90 Å². The predicted octanol–water partition coefficient (Wildman–Crippen LogP) is 5.03. The molecule has 7 nitrogen and oxygen atoms in total. The van der Waals surface area contributed by atoms with Gasteiger partial charge in [-0.1, -0.05) is 44.4 Å². The van der Waals surface area contributed by atoms with E-state index in [1.54, 1.807) is 12.1 Å². The molecule has 0 saturated heterocycles. The molecule has 0 spiro atoms. The lowest BCUT2D eigenvalue weighted by Gasteiger charge is -2.41. The van der Waals surface area contributed by atoms with Gasteiger partial charge in [0.25, 0.3) is 0 Å². The Balaban J connectivity index is 1.58. The molecule has 1 fully saturated rings. The van der Waals surface area contributed by atoms with E-state index in [4.69, 9.17) is 26.8 Å². The summed E-state index contributed by atoms with van der Waals surface area (Å²) in [5.41, 5.74) is 7.03. The normalized spacial score (nSPS) is 21.8. The molecule has 0 aromatic heterocycles. The summed E-state index contributed by atoms with van der Waals surface area (Å²) in [5.74, 6) is 1.70. The molecular formula is C24H28ClN3O4. The van der Waals surface area contributed by atoms with E-state index >= 15 is 0 Å². The molecule has 2 aromatic rings. The molecule has 4 rings (SSSR count). The van der Waals surface area contributed by atoms with Gasteiger partial charge in [0.05, 0.1) is 10.6 Å². The SMILES string of the molecule is CC1CCCC(N(Cc2ccc3c(c2)OCO3)C(=O)Nc2ccc(C(N)=O)c(Cl)c2)C1C. The van der Waals surface area contributed by atoms with Gasteiger partial charge in [-0.15, -0.1) is 0 Å². The minimum Gasteiger partial charge on any atom is -0.454 e. The highest BCUT2D eigenvalue weighted by Gasteiger charge is 2.34. The van der Waals surface area contributed by atoms with Crippen LogP contribution in [-0.2, 0) is 6.54 Å². The maximum atomic E-state index is 13.5. The van der Waals surface area contributed by atoms with Crippen LogP contribution in [0, 0.1) is 11.8 Å². The Morgan fingerprint density at radius 3 is 2.66 bits per heavy atom. The smallest absolute Gasteiger partial charge is 0.322 e. The molecule has 2 aromatic carbocycles. The lowest BCUT2D eigenvalue weighted by Crippen LogP contribution is -2.48. The molecule has 3 N–H and O–H groups in total. The van der Waals surface area contributed by atoms with Crippen molar-refractivity contribution in [2.75, 3.05) is 12.1 Å². The van der Waals surface area contributed by atoms with Crippen LogP contribution in [0.5, 0.6) is 11.5 Å². The molecule has 3 amide bonds. The van der Waals surface area contributed by atoms with Gasteiger partial charge >= 0.3 is 6.03 Å². The first-order valence-corrected chi connectivity index (χ1v) is 11.3. The number of carbonyl (C=O) groups is 2. The van der Waals surface area contributed by atoms with E-state index in [9.17, 15) is 9.59 Å². The van der Waals surface area contributed by atoms with Gasteiger partial charge in [0.15, 0.2) is 11.5 Å². The van der Waals surface area contributed by atoms with E-state index in [0.29, 0.717) is 35.6 Å². The van der Waals surface area contributed by atoms with E-state index in [1.807, 2.05) is 23.1 Å². The summed E-state index contributed by atoms with van der Waals surface area (Å²) in [7, 11) is 0. The van der Waals surface area contributed by atoms with E-state index in [0.717, 1.165) is 18.4 Å².